The van der Waals surface area contributed by atoms with Crippen molar-refractivity contribution in [1.29, 1.82) is 0 Å². The highest BCUT2D eigenvalue weighted by molar-refractivity contribution is 5.98. The SMILES string of the molecule is COc1cc(F)c(OC2CCC(C)(C)CC2)cc1C(=O)N[C@H]1C[C@H](OC)C[C@H]1C(=O)NCC(C)(C)C. The normalized spacial score (nSPS) is 24.3. The molecule has 0 radical (unpaired) electrons. The number of ether oxygens (including phenoxy) is 3. The van der Waals surface area contributed by atoms with E-state index in [2.05, 4.69) is 24.5 Å². The Morgan fingerprint density at radius 2 is 1.72 bits per heavy atom. The summed E-state index contributed by atoms with van der Waals surface area (Å²) in [5.74, 6) is -1.35. The van der Waals surface area contributed by atoms with Gasteiger partial charge in [-0.15, -0.1) is 0 Å². The van der Waals surface area contributed by atoms with Crippen LogP contribution in [0.15, 0.2) is 12.1 Å². The molecule has 1 aromatic rings. The second-order valence-corrected chi connectivity index (χ2v) is 12.3. The molecule has 2 N–H and O–H groups in total. The Kier molecular flexibility index (Phi) is 8.91. The summed E-state index contributed by atoms with van der Waals surface area (Å²) < 4.78 is 31.7. The zero-order chi connectivity index (χ0) is 26.7. The van der Waals surface area contributed by atoms with E-state index >= 15 is 0 Å². The predicted octanol–water partition coefficient (Wildman–Crippen LogP) is 4.87. The summed E-state index contributed by atoms with van der Waals surface area (Å²) >= 11 is 0. The van der Waals surface area contributed by atoms with Crippen LogP contribution in [0.25, 0.3) is 0 Å². The van der Waals surface area contributed by atoms with Crippen LogP contribution in [0.1, 0.15) is 83.5 Å². The van der Waals surface area contributed by atoms with Crippen molar-refractivity contribution in [1.82, 2.24) is 10.6 Å². The van der Waals surface area contributed by atoms with Crippen LogP contribution in [0.5, 0.6) is 11.5 Å². The van der Waals surface area contributed by atoms with Crippen molar-refractivity contribution in [2.75, 3.05) is 20.8 Å². The number of methoxy groups -OCH3 is 2. The summed E-state index contributed by atoms with van der Waals surface area (Å²) in [6.07, 6.45) is 4.49. The maximum absolute atomic E-state index is 14.8. The molecule has 0 bridgehead atoms. The summed E-state index contributed by atoms with van der Waals surface area (Å²) in [4.78, 5) is 26.3. The molecular formula is C28H43FN2O5. The lowest BCUT2D eigenvalue weighted by molar-refractivity contribution is -0.126. The third-order valence-electron chi connectivity index (χ3n) is 7.38. The van der Waals surface area contributed by atoms with Crippen LogP contribution in [0.2, 0.25) is 0 Å². The molecule has 0 heterocycles. The minimum Gasteiger partial charge on any atom is -0.496 e. The van der Waals surface area contributed by atoms with E-state index in [1.54, 1.807) is 7.11 Å². The zero-order valence-electron chi connectivity index (χ0n) is 22.8. The molecule has 2 aliphatic rings. The molecule has 2 aliphatic carbocycles. The molecule has 36 heavy (non-hydrogen) atoms. The minimum absolute atomic E-state index is 0.0475. The van der Waals surface area contributed by atoms with Gasteiger partial charge in [-0.05, 0) is 55.4 Å². The van der Waals surface area contributed by atoms with Gasteiger partial charge < -0.3 is 24.8 Å². The van der Waals surface area contributed by atoms with E-state index < -0.39 is 23.7 Å². The first kappa shape index (κ1) is 28.2. The number of carbonyl (C=O) groups excluding carboxylic acids is 2. The summed E-state index contributed by atoms with van der Waals surface area (Å²) in [6.45, 7) is 11.1. The molecule has 7 nitrogen and oxygen atoms in total. The summed E-state index contributed by atoms with van der Waals surface area (Å²) in [5, 5.41) is 5.99. The molecule has 1 aromatic carbocycles. The number of nitrogens with one attached hydrogen (secondary N) is 2. The van der Waals surface area contributed by atoms with E-state index in [-0.39, 0.29) is 46.0 Å². The molecule has 2 fully saturated rings. The fourth-order valence-corrected chi connectivity index (χ4v) is 5.00. The molecule has 0 unspecified atom stereocenters. The summed E-state index contributed by atoms with van der Waals surface area (Å²) in [6, 6.07) is 2.19. The van der Waals surface area contributed by atoms with Gasteiger partial charge >= 0.3 is 0 Å². The van der Waals surface area contributed by atoms with Gasteiger partial charge in [0, 0.05) is 25.8 Å². The average molecular weight is 507 g/mol. The number of benzene rings is 1. The Labute approximate surface area is 214 Å². The number of amides is 2. The standard InChI is InChI=1S/C28H43FN2O5/c1-27(2,3)16-30-25(32)19-12-18(34-6)13-22(19)31-26(33)20-14-24(21(29)15-23(20)35-7)36-17-8-10-28(4,5)11-9-17/h14-15,17-19,22H,8-13,16H2,1-7H3,(H,30,32)(H,31,33)/t18-,19-,22+/m1/s1. The largest absolute Gasteiger partial charge is 0.496 e. The third kappa shape index (κ3) is 7.34. The van der Waals surface area contributed by atoms with Crippen molar-refractivity contribution in [2.24, 2.45) is 16.7 Å². The van der Waals surface area contributed by atoms with Crippen LogP contribution in [0.4, 0.5) is 4.39 Å². The molecule has 3 atom stereocenters. The lowest BCUT2D eigenvalue weighted by Gasteiger charge is -2.34. The fourth-order valence-electron chi connectivity index (χ4n) is 5.00. The Hall–Kier alpha value is -2.35. The van der Waals surface area contributed by atoms with Crippen LogP contribution in [0, 0.1) is 22.6 Å². The second-order valence-electron chi connectivity index (χ2n) is 12.3. The van der Waals surface area contributed by atoms with Gasteiger partial charge in [-0.3, -0.25) is 9.59 Å². The predicted molar refractivity (Wildman–Crippen MR) is 137 cm³/mol. The average Bonchev–Trinajstić information content (AvgIpc) is 3.22. The molecule has 202 valence electrons. The van der Waals surface area contributed by atoms with Crippen LogP contribution >= 0.6 is 0 Å². The topological polar surface area (TPSA) is 85.9 Å². The van der Waals surface area contributed by atoms with E-state index in [0.717, 1.165) is 25.7 Å². The Morgan fingerprint density at radius 3 is 2.31 bits per heavy atom. The molecule has 0 aromatic heterocycles. The van der Waals surface area contributed by atoms with E-state index in [0.29, 0.717) is 19.4 Å². The van der Waals surface area contributed by atoms with Crippen LogP contribution < -0.4 is 20.1 Å². The highest BCUT2D eigenvalue weighted by Crippen LogP contribution is 2.38. The van der Waals surface area contributed by atoms with Crippen LogP contribution in [-0.2, 0) is 9.53 Å². The first-order chi connectivity index (χ1) is 16.8. The van der Waals surface area contributed by atoms with E-state index in [9.17, 15) is 14.0 Å². The molecular weight excluding hydrogens is 463 g/mol. The maximum Gasteiger partial charge on any atom is 0.255 e. The second kappa shape index (κ2) is 11.4. The van der Waals surface area contributed by atoms with Gasteiger partial charge in [0.2, 0.25) is 5.91 Å². The highest BCUT2D eigenvalue weighted by Gasteiger charge is 2.40. The minimum atomic E-state index is -0.562. The van der Waals surface area contributed by atoms with Crippen molar-refractivity contribution < 1.29 is 28.2 Å². The molecule has 0 spiro atoms. The molecule has 3 rings (SSSR count). The van der Waals surface area contributed by atoms with E-state index in [1.165, 1.54) is 19.2 Å². The number of hydrogen-bond acceptors (Lipinski definition) is 5. The number of hydrogen-bond donors (Lipinski definition) is 2. The molecule has 2 saturated carbocycles. The van der Waals surface area contributed by atoms with Gasteiger partial charge in [0.1, 0.15) is 5.75 Å². The maximum atomic E-state index is 14.8. The van der Waals surface area contributed by atoms with E-state index in [4.69, 9.17) is 14.2 Å². The van der Waals surface area contributed by atoms with Gasteiger partial charge in [-0.1, -0.05) is 34.6 Å². The number of rotatable bonds is 8. The van der Waals surface area contributed by atoms with Gasteiger partial charge in [-0.2, -0.15) is 0 Å². The summed E-state index contributed by atoms with van der Waals surface area (Å²) in [7, 11) is 3.01. The summed E-state index contributed by atoms with van der Waals surface area (Å²) in [5.41, 5.74) is 0.389. The molecule has 0 saturated heterocycles. The zero-order valence-corrected chi connectivity index (χ0v) is 22.8. The lowest BCUT2D eigenvalue weighted by Crippen LogP contribution is -2.45. The molecule has 2 amide bonds. The number of carbonyl (C=O) groups is 2. The first-order valence-corrected chi connectivity index (χ1v) is 13.0. The Bertz CT molecular complexity index is 933. The highest BCUT2D eigenvalue weighted by atomic mass is 19.1. The van der Waals surface area contributed by atoms with Gasteiger partial charge in [0.05, 0.1) is 30.8 Å². The van der Waals surface area contributed by atoms with Crippen LogP contribution in [0.3, 0.4) is 0 Å². The Morgan fingerprint density at radius 1 is 1.06 bits per heavy atom. The van der Waals surface area contributed by atoms with Gasteiger partial charge in [-0.25, -0.2) is 4.39 Å². The van der Waals surface area contributed by atoms with Crippen molar-refractivity contribution >= 4 is 11.8 Å². The Balaban J connectivity index is 1.75. The lowest BCUT2D eigenvalue weighted by atomic mass is 9.76. The van der Waals surface area contributed by atoms with Crippen LogP contribution in [-0.4, -0.2) is 50.8 Å². The number of halogens is 1. The van der Waals surface area contributed by atoms with Gasteiger partial charge in [0.25, 0.3) is 5.91 Å². The van der Waals surface area contributed by atoms with Crippen molar-refractivity contribution in [3.63, 3.8) is 0 Å². The molecule has 0 aliphatic heterocycles. The van der Waals surface area contributed by atoms with E-state index in [1.807, 2.05) is 20.8 Å². The quantitative estimate of drug-likeness (QED) is 0.526. The van der Waals surface area contributed by atoms with Crippen molar-refractivity contribution in [3.8, 4) is 11.5 Å². The smallest absolute Gasteiger partial charge is 0.255 e. The fraction of sp³-hybridized carbons (Fsp3) is 0.714. The first-order valence-electron chi connectivity index (χ1n) is 13.0. The monoisotopic (exact) mass is 506 g/mol. The van der Waals surface area contributed by atoms with Crippen molar-refractivity contribution in [2.45, 2.75) is 91.4 Å². The third-order valence-corrected chi connectivity index (χ3v) is 7.38. The molecule has 8 heteroatoms. The van der Waals surface area contributed by atoms with Crippen molar-refractivity contribution in [3.05, 3.63) is 23.5 Å². The van der Waals surface area contributed by atoms with Gasteiger partial charge in [0.15, 0.2) is 11.6 Å².